The van der Waals surface area contributed by atoms with Gasteiger partial charge in [-0.25, -0.2) is 0 Å². The summed E-state index contributed by atoms with van der Waals surface area (Å²) in [6, 6.07) is 0. The van der Waals surface area contributed by atoms with E-state index in [1.807, 2.05) is 0 Å². The van der Waals surface area contributed by atoms with Crippen LogP contribution in [0.15, 0.2) is 12.7 Å². The molecule has 0 heterocycles. The van der Waals surface area contributed by atoms with Gasteiger partial charge >= 0.3 is 0 Å². The van der Waals surface area contributed by atoms with Gasteiger partial charge in [0.2, 0.25) is 0 Å². The molecule has 3 saturated carbocycles. The van der Waals surface area contributed by atoms with Gasteiger partial charge in [0.15, 0.2) is 0 Å². The van der Waals surface area contributed by atoms with Crippen LogP contribution in [0.1, 0.15) is 19.3 Å². The Morgan fingerprint density at radius 3 is 2.33 bits per heavy atom. The third-order valence-electron chi connectivity index (χ3n) is 3.89. The smallest absolute Gasteiger partial charge is 0.00242 e. The van der Waals surface area contributed by atoms with E-state index in [1.54, 1.807) is 0 Å². The van der Waals surface area contributed by atoms with Crippen LogP contribution in [0.3, 0.4) is 0 Å². The molecule has 0 heteroatoms. The van der Waals surface area contributed by atoms with Gasteiger partial charge in [0.1, 0.15) is 0 Å². The fourth-order valence-electron chi connectivity index (χ4n) is 3.36. The molecule has 0 aromatic heterocycles. The van der Waals surface area contributed by atoms with Crippen molar-refractivity contribution >= 4 is 0 Å². The summed E-state index contributed by atoms with van der Waals surface area (Å²) < 4.78 is 0. The molecule has 0 aromatic rings. The largest absolute Gasteiger partial charge is 0.102 e. The minimum absolute atomic E-state index is 0.734. The van der Waals surface area contributed by atoms with E-state index in [0.717, 1.165) is 23.2 Å². The monoisotopic (exact) mass is 120 g/mol. The fourth-order valence-corrected chi connectivity index (χ4v) is 3.36. The maximum absolute atomic E-state index is 3.92. The lowest BCUT2D eigenvalue weighted by atomic mass is 9.83. The van der Waals surface area contributed by atoms with Crippen molar-refractivity contribution in [2.24, 2.45) is 23.2 Å². The van der Waals surface area contributed by atoms with Crippen molar-refractivity contribution < 1.29 is 0 Å². The zero-order valence-corrected chi connectivity index (χ0v) is 5.64. The first kappa shape index (κ1) is 4.54. The molecular weight excluding hydrogens is 108 g/mol. The third kappa shape index (κ3) is 0.270. The van der Waals surface area contributed by atoms with Gasteiger partial charge < -0.3 is 0 Å². The van der Waals surface area contributed by atoms with Gasteiger partial charge in [-0.15, -0.1) is 6.58 Å². The highest BCUT2D eigenvalue weighted by Crippen LogP contribution is 2.89. The number of allylic oxidation sites excluding steroid dienone is 1. The molecule has 0 nitrogen and oxygen atoms in total. The van der Waals surface area contributed by atoms with Gasteiger partial charge in [0.25, 0.3) is 0 Å². The molecule has 2 unspecified atom stereocenters. The van der Waals surface area contributed by atoms with Crippen molar-refractivity contribution in [1.29, 1.82) is 0 Å². The summed E-state index contributed by atoms with van der Waals surface area (Å²) >= 11 is 0. The number of hydrogen-bond acceptors (Lipinski definition) is 0. The van der Waals surface area contributed by atoms with E-state index in [4.69, 9.17) is 0 Å². The maximum atomic E-state index is 3.92. The number of rotatable bonds is 1. The highest BCUT2D eigenvalue weighted by molar-refractivity contribution is 5.38. The molecule has 0 N–H and O–H groups in total. The lowest BCUT2D eigenvalue weighted by Gasteiger charge is -2.22. The van der Waals surface area contributed by atoms with Gasteiger partial charge in [0.05, 0.1) is 0 Å². The Morgan fingerprint density at radius 2 is 2.00 bits per heavy atom. The van der Waals surface area contributed by atoms with Gasteiger partial charge in [-0.05, 0) is 36.0 Å². The van der Waals surface area contributed by atoms with Crippen LogP contribution in [0.4, 0.5) is 0 Å². The number of fused-ring (bicyclic) bond motifs is 2. The molecule has 3 aliphatic carbocycles. The van der Waals surface area contributed by atoms with E-state index in [-0.39, 0.29) is 0 Å². The Bertz CT molecular complexity index is 159. The molecule has 0 spiro atoms. The summed E-state index contributed by atoms with van der Waals surface area (Å²) in [6.07, 6.45) is 6.76. The standard InChI is InChI=1S/C9H12/c1-2-9-6-4-3-5-7(9)8(6)9/h2,6-8H,1,3-5H2. The van der Waals surface area contributed by atoms with Crippen molar-refractivity contribution in [3.05, 3.63) is 12.7 Å². The molecule has 48 valence electrons. The summed E-state index contributed by atoms with van der Waals surface area (Å²) in [5, 5.41) is 0. The molecule has 3 fully saturated rings. The van der Waals surface area contributed by atoms with Crippen LogP contribution in [-0.2, 0) is 0 Å². The predicted molar refractivity (Wildman–Crippen MR) is 37.0 cm³/mol. The van der Waals surface area contributed by atoms with E-state index in [1.165, 1.54) is 19.3 Å². The highest BCUT2D eigenvalue weighted by atomic mass is 14.9. The molecule has 2 atom stereocenters. The first-order valence-corrected chi connectivity index (χ1v) is 4.05. The minimum atomic E-state index is 0.734. The van der Waals surface area contributed by atoms with Crippen molar-refractivity contribution in [2.45, 2.75) is 19.3 Å². The zero-order chi connectivity index (χ0) is 6.06. The van der Waals surface area contributed by atoms with E-state index < -0.39 is 0 Å². The Morgan fingerprint density at radius 1 is 1.33 bits per heavy atom. The second kappa shape index (κ2) is 1.00. The van der Waals surface area contributed by atoms with E-state index in [2.05, 4.69) is 12.7 Å². The molecule has 0 saturated heterocycles. The van der Waals surface area contributed by atoms with Crippen LogP contribution in [-0.4, -0.2) is 0 Å². The van der Waals surface area contributed by atoms with Crippen molar-refractivity contribution in [3.63, 3.8) is 0 Å². The fraction of sp³-hybridized carbons (Fsp3) is 0.778. The molecule has 0 aromatic carbocycles. The second-order valence-electron chi connectivity index (χ2n) is 3.87. The maximum Gasteiger partial charge on any atom is -0.00242 e. The quantitative estimate of drug-likeness (QED) is 0.465. The van der Waals surface area contributed by atoms with Crippen molar-refractivity contribution in [2.75, 3.05) is 0 Å². The first-order valence-electron chi connectivity index (χ1n) is 4.05. The van der Waals surface area contributed by atoms with Gasteiger partial charge in [0, 0.05) is 0 Å². The highest BCUT2D eigenvalue weighted by Gasteiger charge is 2.84. The minimum Gasteiger partial charge on any atom is -0.102 e. The van der Waals surface area contributed by atoms with Crippen LogP contribution >= 0.6 is 0 Å². The first-order chi connectivity index (χ1) is 4.41. The Kier molecular flexibility index (Phi) is 0.505. The summed E-state index contributed by atoms with van der Waals surface area (Å²) in [5.74, 6) is 3.34. The molecule has 3 rings (SSSR count). The molecule has 0 amide bonds. The van der Waals surface area contributed by atoms with E-state index >= 15 is 0 Å². The second-order valence-corrected chi connectivity index (χ2v) is 3.87. The molecule has 0 aliphatic heterocycles. The van der Waals surface area contributed by atoms with E-state index in [9.17, 15) is 0 Å². The summed E-state index contributed by atoms with van der Waals surface area (Å²) in [4.78, 5) is 0. The normalized spacial score (nSPS) is 66.4. The Labute approximate surface area is 56.0 Å². The SMILES string of the molecule is C=CC12C3CCCC1C32. The van der Waals surface area contributed by atoms with E-state index in [0.29, 0.717) is 0 Å². The predicted octanol–water partition coefficient (Wildman–Crippen LogP) is 2.22. The lowest BCUT2D eigenvalue weighted by molar-refractivity contribution is 0.302. The average molecular weight is 120 g/mol. The topological polar surface area (TPSA) is 0 Å². The van der Waals surface area contributed by atoms with Gasteiger partial charge in [-0.3, -0.25) is 0 Å². The van der Waals surface area contributed by atoms with Crippen molar-refractivity contribution in [3.8, 4) is 0 Å². The molecule has 3 aliphatic rings. The summed E-state index contributed by atoms with van der Waals surface area (Å²) in [7, 11) is 0. The van der Waals surface area contributed by atoms with Crippen LogP contribution in [0.2, 0.25) is 0 Å². The van der Waals surface area contributed by atoms with Gasteiger partial charge in [-0.1, -0.05) is 12.5 Å². The number of hydrogen-bond donors (Lipinski definition) is 0. The van der Waals surface area contributed by atoms with Crippen LogP contribution in [0, 0.1) is 23.2 Å². The summed E-state index contributed by atoms with van der Waals surface area (Å²) in [5.41, 5.74) is 0.734. The van der Waals surface area contributed by atoms with Crippen LogP contribution in [0.25, 0.3) is 0 Å². The van der Waals surface area contributed by atoms with Crippen LogP contribution < -0.4 is 0 Å². The third-order valence-corrected chi connectivity index (χ3v) is 3.89. The molecular formula is C9H12. The molecule has 0 radical (unpaired) electrons. The average Bonchev–Trinajstić information content (AvgIpc) is 2.76. The van der Waals surface area contributed by atoms with Crippen molar-refractivity contribution in [1.82, 2.24) is 0 Å². The Balaban J connectivity index is 1.96. The Hall–Kier alpha value is -0.260. The molecule has 0 bridgehead atoms. The summed E-state index contributed by atoms with van der Waals surface area (Å²) in [6.45, 7) is 3.92. The van der Waals surface area contributed by atoms with Crippen LogP contribution in [0.5, 0.6) is 0 Å². The van der Waals surface area contributed by atoms with Gasteiger partial charge in [-0.2, -0.15) is 0 Å². The lowest BCUT2D eigenvalue weighted by Crippen LogP contribution is -2.13. The molecule has 9 heavy (non-hydrogen) atoms. The zero-order valence-electron chi connectivity index (χ0n) is 5.64.